The molecule has 1 atom stereocenters. The molecule has 0 aliphatic heterocycles. The van der Waals surface area contributed by atoms with Crippen molar-refractivity contribution in [1.82, 2.24) is 0 Å². The molecule has 3 aromatic rings. The molecule has 1 saturated carbocycles. The Morgan fingerprint density at radius 2 is 1.40 bits per heavy atom. The van der Waals surface area contributed by atoms with Crippen LogP contribution in [0.2, 0.25) is 5.02 Å². The molecule has 0 radical (unpaired) electrons. The van der Waals surface area contributed by atoms with Gasteiger partial charge in [0, 0.05) is 5.02 Å². The first-order chi connectivity index (χ1) is 14.7. The number of aryl methyl sites for hydroxylation is 1. The highest BCUT2D eigenvalue weighted by atomic mass is 35.5. The predicted molar refractivity (Wildman–Crippen MR) is 129 cm³/mol. The molecule has 0 heterocycles. The first-order valence-electron chi connectivity index (χ1n) is 11.6. The summed E-state index contributed by atoms with van der Waals surface area (Å²) in [4.78, 5) is 0. The first kappa shape index (κ1) is 21.2. The fourth-order valence-corrected chi connectivity index (χ4v) is 5.11. The van der Waals surface area contributed by atoms with Gasteiger partial charge in [-0.2, -0.15) is 0 Å². The molecule has 30 heavy (non-hydrogen) atoms. The fraction of sp³-hybridized carbons (Fsp3) is 0.379. The van der Waals surface area contributed by atoms with E-state index < -0.39 is 0 Å². The molecule has 1 aliphatic rings. The molecule has 0 amide bonds. The third-order valence-electron chi connectivity index (χ3n) is 6.96. The number of rotatable bonds is 7. The first-order valence-corrected chi connectivity index (χ1v) is 11.9. The van der Waals surface area contributed by atoms with E-state index in [0.717, 1.165) is 23.3 Å². The van der Waals surface area contributed by atoms with E-state index in [9.17, 15) is 0 Å². The monoisotopic (exact) mass is 416 g/mol. The summed E-state index contributed by atoms with van der Waals surface area (Å²) in [6, 6.07) is 28.7. The van der Waals surface area contributed by atoms with Crippen molar-refractivity contribution in [2.45, 2.75) is 63.7 Å². The molecule has 0 saturated heterocycles. The lowest BCUT2D eigenvalue weighted by Gasteiger charge is -2.29. The van der Waals surface area contributed by atoms with Crippen LogP contribution in [0.15, 0.2) is 78.9 Å². The second-order valence-electron chi connectivity index (χ2n) is 9.14. The van der Waals surface area contributed by atoms with Crippen LogP contribution in [0.3, 0.4) is 0 Å². The van der Waals surface area contributed by atoms with Crippen molar-refractivity contribution in [2.75, 3.05) is 0 Å². The van der Waals surface area contributed by atoms with Crippen molar-refractivity contribution in [2.24, 2.45) is 5.92 Å². The Kier molecular flexibility index (Phi) is 7.28. The topological polar surface area (TPSA) is 0 Å². The Balaban J connectivity index is 1.22. The summed E-state index contributed by atoms with van der Waals surface area (Å²) in [5.74, 6) is 2.17. The van der Waals surface area contributed by atoms with E-state index in [4.69, 9.17) is 11.6 Å². The largest absolute Gasteiger partial charge is 0.0843 e. The molecule has 1 heteroatoms. The number of benzene rings is 3. The lowest BCUT2D eigenvalue weighted by molar-refractivity contribution is 0.310. The van der Waals surface area contributed by atoms with Gasteiger partial charge in [-0.1, -0.05) is 85.3 Å². The number of halogens is 1. The summed E-state index contributed by atoms with van der Waals surface area (Å²) >= 11 is 6.04. The Morgan fingerprint density at radius 1 is 0.767 bits per heavy atom. The van der Waals surface area contributed by atoms with E-state index in [2.05, 4.69) is 73.7 Å². The summed E-state index contributed by atoms with van der Waals surface area (Å²) < 4.78 is 0. The maximum atomic E-state index is 6.04. The van der Waals surface area contributed by atoms with Gasteiger partial charge in [-0.15, -0.1) is 0 Å². The van der Waals surface area contributed by atoms with E-state index in [-0.39, 0.29) is 0 Å². The molecule has 0 bridgehead atoms. The van der Waals surface area contributed by atoms with Gasteiger partial charge >= 0.3 is 0 Å². The van der Waals surface area contributed by atoms with Crippen LogP contribution in [-0.4, -0.2) is 0 Å². The van der Waals surface area contributed by atoms with Gasteiger partial charge in [0.2, 0.25) is 0 Å². The molecule has 0 unspecified atom stereocenters. The average Bonchev–Trinajstić information content (AvgIpc) is 2.80. The van der Waals surface area contributed by atoms with Gasteiger partial charge in [-0.25, -0.2) is 0 Å². The maximum absolute atomic E-state index is 6.04. The SMILES string of the molecule is C[C@@H](Cc1ccc(CCC2CCC(c3ccc(Cl)cc3)CC2)cc1)c1ccccc1. The average molecular weight is 417 g/mol. The van der Waals surface area contributed by atoms with Crippen LogP contribution >= 0.6 is 11.6 Å². The van der Waals surface area contributed by atoms with Crippen LogP contribution in [0, 0.1) is 5.92 Å². The van der Waals surface area contributed by atoms with Gasteiger partial charge < -0.3 is 0 Å². The summed E-state index contributed by atoms with van der Waals surface area (Å²) in [7, 11) is 0. The van der Waals surface area contributed by atoms with E-state index in [1.54, 1.807) is 0 Å². The van der Waals surface area contributed by atoms with Gasteiger partial charge in [-0.05, 0) is 97.1 Å². The second kappa shape index (κ2) is 10.3. The van der Waals surface area contributed by atoms with Crippen LogP contribution in [-0.2, 0) is 12.8 Å². The Labute approximate surface area is 187 Å². The molecule has 4 rings (SSSR count). The summed E-state index contributed by atoms with van der Waals surface area (Å²) in [5, 5.41) is 0.841. The zero-order valence-electron chi connectivity index (χ0n) is 18.1. The molecule has 156 valence electrons. The molecule has 0 spiro atoms. The number of hydrogen-bond donors (Lipinski definition) is 0. The van der Waals surface area contributed by atoms with E-state index in [1.165, 1.54) is 60.8 Å². The Morgan fingerprint density at radius 3 is 2.07 bits per heavy atom. The molecule has 1 aliphatic carbocycles. The molecule has 0 nitrogen and oxygen atoms in total. The minimum absolute atomic E-state index is 0.563. The van der Waals surface area contributed by atoms with Gasteiger partial charge in [0.15, 0.2) is 0 Å². The zero-order chi connectivity index (χ0) is 20.8. The predicted octanol–water partition coefficient (Wildman–Crippen LogP) is 8.59. The summed E-state index contributed by atoms with van der Waals surface area (Å²) in [6.07, 6.45) is 9.02. The molecular formula is C29H33Cl. The standard InChI is InChI=1S/C29H33Cl/c1-22(26-5-3-2-4-6-26)21-25-11-9-23(10-12-25)7-8-24-13-15-27(16-14-24)28-17-19-29(30)20-18-28/h2-6,9-12,17-20,22,24,27H,7-8,13-16,21H2,1H3/t22-,24?,27?/m0/s1. The minimum atomic E-state index is 0.563. The lowest BCUT2D eigenvalue weighted by Crippen LogP contribution is -2.14. The van der Waals surface area contributed by atoms with Crippen molar-refractivity contribution >= 4 is 11.6 Å². The third kappa shape index (κ3) is 5.76. The summed E-state index contributed by atoms with van der Waals surface area (Å²) in [6.45, 7) is 2.32. The third-order valence-corrected chi connectivity index (χ3v) is 7.21. The highest BCUT2D eigenvalue weighted by Crippen LogP contribution is 2.37. The van der Waals surface area contributed by atoms with Crippen molar-refractivity contribution < 1.29 is 0 Å². The van der Waals surface area contributed by atoms with E-state index in [0.29, 0.717) is 5.92 Å². The van der Waals surface area contributed by atoms with E-state index in [1.807, 2.05) is 12.1 Å². The van der Waals surface area contributed by atoms with Crippen molar-refractivity contribution in [3.05, 3.63) is 106 Å². The van der Waals surface area contributed by atoms with Crippen LogP contribution < -0.4 is 0 Å². The van der Waals surface area contributed by atoms with Gasteiger partial charge in [0.1, 0.15) is 0 Å². The van der Waals surface area contributed by atoms with Crippen LogP contribution in [0.25, 0.3) is 0 Å². The molecule has 0 N–H and O–H groups in total. The quantitative estimate of drug-likeness (QED) is 0.361. The minimum Gasteiger partial charge on any atom is -0.0843 e. The summed E-state index contributed by atoms with van der Waals surface area (Å²) in [5.41, 5.74) is 5.83. The molecular weight excluding hydrogens is 384 g/mol. The fourth-order valence-electron chi connectivity index (χ4n) is 4.99. The van der Waals surface area contributed by atoms with Crippen LogP contribution in [0.5, 0.6) is 0 Å². The molecule has 3 aromatic carbocycles. The maximum Gasteiger partial charge on any atom is 0.0406 e. The van der Waals surface area contributed by atoms with Gasteiger partial charge in [-0.3, -0.25) is 0 Å². The van der Waals surface area contributed by atoms with Crippen LogP contribution in [0.1, 0.15) is 73.1 Å². The zero-order valence-corrected chi connectivity index (χ0v) is 18.8. The smallest absolute Gasteiger partial charge is 0.0406 e. The van der Waals surface area contributed by atoms with Crippen molar-refractivity contribution in [1.29, 1.82) is 0 Å². The molecule has 1 fully saturated rings. The van der Waals surface area contributed by atoms with Gasteiger partial charge in [0.05, 0.1) is 0 Å². The molecule has 0 aromatic heterocycles. The number of hydrogen-bond acceptors (Lipinski definition) is 0. The highest BCUT2D eigenvalue weighted by molar-refractivity contribution is 6.30. The van der Waals surface area contributed by atoms with Crippen molar-refractivity contribution in [3.63, 3.8) is 0 Å². The lowest BCUT2D eigenvalue weighted by atomic mass is 9.77. The Hall–Kier alpha value is -2.05. The second-order valence-corrected chi connectivity index (χ2v) is 9.58. The van der Waals surface area contributed by atoms with Gasteiger partial charge in [0.25, 0.3) is 0 Å². The normalized spacial score (nSPS) is 20.1. The Bertz CT molecular complexity index is 887. The van der Waals surface area contributed by atoms with E-state index >= 15 is 0 Å². The van der Waals surface area contributed by atoms with Crippen LogP contribution in [0.4, 0.5) is 0 Å². The van der Waals surface area contributed by atoms with Crippen molar-refractivity contribution in [3.8, 4) is 0 Å². The highest BCUT2D eigenvalue weighted by Gasteiger charge is 2.22.